The Morgan fingerprint density at radius 3 is 2.45 bits per heavy atom. The lowest BCUT2D eigenvalue weighted by molar-refractivity contribution is 0.103. The number of hydrogen-bond acceptors (Lipinski definition) is 3. The molecule has 0 aliphatic carbocycles. The first kappa shape index (κ1) is 14.3. The average molecular weight is 295 g/mol. The predicted molar refractivity (Wildman–Crippen MR) is 74.4 cm³/mol. The third-order valence-electron chi connectivity index (χ3n) is 2.81. The number of halogens is 2. The first-order chi connectivity index (χ1) is 9.58. The van der Waals surface area contributed by atoms with Crippen LogP contribution in [0.5, 0.6) is 11.5 Å². The van der Waals surface area contributed by atoms with Crippen LogP contribution in [0.3, 0.4) is 0 Å². The molecule has 2 aromatic rings. The molecule has 2 rings (SSSR count). The van der Waals surface area contributed by atoms with Crippen LogP contribution >= 0.6 is 11.6 Å². The molecule has 0 unspecified atom stereocenters. The molecule has 0 atom stereocenters. The van der Waals surface area contributed by atoms with Crippen molar-refractivity contribution in [3.05, 3.63) is 58.4 Å². The van der Waals surface area contributed by atoms with Crippen LogP contribution in [0.1, 0.15) is 15.9 Å². The van der Waals surface area contributed by atoms with Gasteiger partial charge in [-0.2, -0.15) is 0 Å². The topological polar surface area (TPSA) is 35.5 Å². The summed E-state index contributed by atoms with van der Waals surface area (Å²) in [4.78, 5) is 12.3. The van der Waals surface area contributed by atoms with Crippen molar-refractivity contribution in [3.63, 3.8) is 0 Å². The molecule has 0 saturated heterocycles. The molecule has 0 heterocycles. The van der Waals surface area contributed by atoms with Crippen molar-refractivity contribution in [2.45, 2.75) is 0 Å². The molecule has 0 radical (unpaired) electrons. The van der Waals surface area contributed by atoms with Gasteiger partial charge in [-0.3, -0.25) is 4.79 Å². The molecule has 0 aliphatic rings. The zero-order valence-electron chi connectivity index (χ0n) is 10.9. The molecule has 104 valence electrons. The molecule has 0 spiro atoms. The summed E-state index contributed by atoms with van der Waals surface area (Å²) in [6, 6.07) is 8.67. The molecular formula is C15H12ClFO3. The number of methoxy groups -OCH3 is 2. The minimum atomic E-state index is -0.580. The molecule has 20 heavy (non-hydrogen) atoms. The molecule has 3 nitrogen and oxygen atoms in total. The minimum absolute atomic E-state index is 0.0178. The summed E-state index contributed by atoms with van der Waals surface area (Å²) in [5.41, 5.74) is 0.216. The normalized spacial score (nSPS) is 10.2. The smallest absolute Gasteiger partial charge is 0.196 e. The monoisotopic (exact) mass is 294 g/mol. The first-order valence-electron chi connectivity index (χ1n) is 5.79. The van der Waals surface area contributed by atoms with Crippen molar-refractivity contribution in [1.82, 2.24) is 0 Å². The van der Waals surface area contributed by atoms with Crippen molar-refractivity contribution in [1.29, 1.82) is 0 Å². The number of ketones is 1. The summed E-state index contributed by atoms with van der Waals surface area (Å²) in [5.74, 6) is -0.395. The highest BCUT2D eigenvalue weighted by atomic mass is 35.5. The van der Waals surface area contributed by atoms with Crippen molar-refractivity contribution in [2.75, 3.05) is 14.2 Å². The highest BCUT2D eigenvalue weighted by Crippen LogP contribution is 2.36. The van der Waals surface area contributed by atoms with Gasteiger partial charge in [-0.05, 0) is 24.3 Å². The van der Waals surface area contributed by atoms with E-state index >= 15 is 0 Å². The van der Waals surface area contributed by atoms with Crippen LogP contribution < -0.4 is 9.47 Å². The van der Waals surface area contributed by atoms with Crippen LogP contribution in [0.15, 0.2) is 36.4 Å². The number of carbonyl (C=O) groups is 1. The molecule has 0 fully saturated rings. The van der Waals surface area contributed by atoms with E-state index in [0.717, 1.165) is 0 Å². The fourth-order valence-corrected chi connectivity index (χ4v) is 2.14. The van der Waals surface area contributed by atoms with Crippen LogP contribution in [-0.4, -0.2) is 20.0 Å². The van der Waals surface area contributed by atoms with Gasteiger partial charge in [0.25, 0.3) is 0 Å². The molecular weight excluding hydrogens is 283 g/mol. The Kier molecular flexibility index (Phi) is 4.25. The largest absolute Gasteiger partial charge is 0.493 e. The second-order valence-corrected chi connectivity index (χ2v) is 4.41. The Morgan fingerprint density at radius 2 is 1.85 bits per heavy atom. The zero-order valence-corrected chi connectivity index (χ0v) is 11.7. The lowest BCUT2D eigenvalue weighted by atomic mass is 10.0. The lowest BCUT2D eigenvalue weighted by Crippen LogP contribution is -2.05. The third-order valence-corrected chi connectivity index (χ3v) is 3.09. The maximum absolute atomic E-state index is 13.6. The summed E-state index contributed by atoms with van der Waals surface area (Å²) in [7, 11) is 2.88. The molecule has 0 bridgehead atoms. The molecule has 0 saturated carbocycles. The third kappa shape index (κ3) is 2.60. The predicted octanol–water partition coefficient (Wildman–Crippen LogP) is 3.73. The van der Waals surface area contributed by atoms with Crippen LogP contribution in [-0.2, 0) is 0 Å². The van der Waals surface area contributed by atoms with Gasteiger partial charge in [0.05, 0.1) is 24.8 Å². The van der Waals surface area contributed by atoms with Crippen molar-refractivity contribution in [3.8, 4) is 11.5 Å². The Labute approximate surface area is 120 Å². The SMILES string of the molecule is COc1cc(C(=O)c2ccccc2F)cc(Cl)c1OC. The van der Waals surface area contributed by atoms with Gasteiger partial charge in [-0.1, -0.05) is 23.7 Å². The Morgan fingerprint density at radius 1 is 1.15 bits per heavy atom. The van der Waals surface area contributed by atoms with Gasteiger partial charge in [-0.15, -0.1) is 0 Å². The average Bonchev–Trinajstić information content (AvgIpc) is 2.46. The quantitative estimate of drug-likeness (QED) is 0.806. The van der Waals surface area contributed by atoms with E-state index in [9.17, 15) is 9.18 Å². The molecule has 2 aromatic carbocycles. The summed E-state index contributed by atoms with van der Waals surface area (Å²) in [6.07, 6.45) is 0. The van der Waals surface area contributed by atoms with Crippen LogP contribution in [0.4, 0.5) is 4.39 Å². The highest BCUT2D eigenvalue weighted by molar-refractivity contribution is 6.33. The van der Waals surface area contributed by atoms with Crippen molar-refractivity contribution >= 4 is 17.4 Å². The zero-order chi connectivity index (χ0) is 14.7. The van der Waals surface area contributed by atoms with Crippen molar-refractivity contribution < 1.29 is 18.7 Å². The van der Waals surface area contributed by atoms with Crippen LogP contribution in [0.2, 0.25) is 5.02 Å². The summed E-state index contributed by atoms with van der Waals surface area (Å²) in [6.45, 7) is 0. The second-order valence-electron chi connectivity index (χ2n) is 4.00. The Balaban J connectivity index is 2.51. The van der Waals surface area contributed by atoms with E-state index in [-0.39, 0.29) is 16.1 Å². The molecule has 0 amide bonds. The number of hydrogen-bond donors (Lipinski definition) is 0. The van der Waals surface area contributed by atoms with Crippen molar-refractivity contribution in [2.24, 2.45) is 0 Å². The molecule has 0 N–H and O–H groups in total. The van der Waals surface area contributed by atoms with E-state index in [1.165, 1.54) is 44.6 Å². The molecule has 5 heteroatoms. The van der Waals surface area contributed by atoms with Gasteiger partial charge in [0, 0.05) is 5.56 Å². The number of benzene rings is 2. The number of ether oxygens (including phenoxy) is 2. The Bertz CT molecular complexity index is 656. The van der Waals surface area contributed by atoms with Gasteiger partial charge in [0.2, 0.25) is 0 Å². The van der Waals surface area contributed by atoms with Gasteiger partial charge in [0.1, 0.15) is 5.82 Å². The lowest BCUT2D eigenvalue weighted by Gasteiger charge is -2.11. The van der Waals surface area contributed by atoms with Gasteiger partial charge >= 0.3 is 0 Å². The van der Waals surface area contributed by atoms with Gasteiger partial charge in [0.15, 0.2) is 17.3 Å². The molecule has 0 aliphatic heterocycles. The summed E-state index contributed by atoms with van der Waals surface area (Å²) in [5, 5.41) is 0.228. The van der Waals surface area contributed by atoms with E-state index in [4.69, 9.17) is 21.1 Å². The molecule has 0 aromatic heterocycles. The number of carbonyl (C=O) groups excluding carboxylic acids is 1. The second kappa shape index (κ2) is 5.92. The fourth-order valence-electron chi connectivity index (χ4n) is 1.85. The van der Waals surface area contributed by atoms with E-state index < -0.39 is 11.6 Å². The van der Waals surface area contributed by atoms with Crippen LogP contribution in [0, 0.1) is 5.82 Å². The van der Waals surface area contributed by atoms with Crippen LogP contribution in [0.25, 0.3) is 0 Å². The first-order valence-corrected chi connectivity index (χ1v) is 6.17. The fraction of sp³-hybridized carbons (Fsp3) is 0.133. The maximum Gasteiger partial charge on any atom is 0.196 e. The Hall–Kier alpha value is -2.07. The van der Waals surface area contributed by atoms with Gasteiger partial charge < -0.3 is 9.47 Å². The summed E-state index contributed by atoms with van der Waals surface area (Å²) < 4.78 is 23.9. The minimum Gasteiger partial charge on any atom is -0.493 e. The summed E-state index contributed by atoms with van der Waals surface area (Å²) >= 11 is 6.03. The highest BCUT2D eigenvalue weighted by Gasteiger charge is 2.18. The standard InChI is InChI=1S/C15H12ClFO3/c1-19-13-8-9(7-11(16)15(13)20-2)14(18)10-5-3-4-6-12(10)17/h3-8H,1-2H3. The number of rotatable bonds is 4. The van der Waals surface area contributed by atoms with E-state index in [1.54, 1.807) is 6.07 Å². The van der Waals surface area contributed by atoms with E-state index in [1.807, 2.05) is 0 Å². The van der Waals surface area contributed by atoms with E-state index in [0.29, 0.717) is 11.5 Å². The van der Waals surface area contributed by atoms with E-state index in [2.05, 4.69) is 0 Å². The van der Waals surface area contributed by atoms with Gasteiger partial charge in [-0.25, -0.2) is 4.39 Å². The maximum atomic E-state index is 13.6.